The van der Waals surface area contributed by atoms with E-state index in [1.807, 2.05) is 27.7 Å². The van der Waals surface area contributed by atoms with Gasteiger partial charge in [-0.15, -0.1) is 0 Å². The van der Waals surface area contributed by atoms with Crippen molar-refractivity contribution in [3.8, 4) is 0 Å². The number of carbonyl (C=O) groups is 1. The molecule has 5 nitrogen and oxygen atoms in total. The number of carbonyl (C=O) groups excluding carboxylic acids is 1. The van der Waals surface area contributed by atoms with Crippen LogP contribution in [-0.2, 0) is 14.5 Å². The molecule has 1 aliphatic rings. The van der Waals surface area contributed by atoms with Crippen molar-refractivity contribution < 1.29 is 19.3 Å². The summed E-state index contributed by atoms with van der Waals surface area (Å²) < 4.78 is 5.31. The first kappa shape index (κ1) is 14.3. The van der Waals surface area contributed by atoms with Gasteiger partial charge in [-0.3, -0.25) is 0 Å². The lowest BCUT2D eigenvalue weighted by Crippen LogP contribution is -2.35. The first-order valence-electron chi connectivity index (χ1n) is 6.14. The maximum absolute atomic E-state index is 11.8. The van der Waals surface area contributed by atoms with Gasteiger partial charge in [0, 0.05) is 19.0 Å². The van der Waals surface area contributed by atoms with Crippen molar-refractivity contribution >= 4 is 6.09 Å². The van der Waals surface area contributed by atoms with Crippen LogP contribution in [0.25, 0.3) is 0 Å². The average molecular weight is 245 g/mol. The fourth-order valence-electron chi connectivity index (χ4n) is 1.69. The Bertz CT molecular complexity index is 249. The third-order valence-corrected chi connectivity index (χ3v) is 2.44. The van der Waals surface area contributed by atoms with Crippen LogP contribution in [0, 0.1) is 5.92 Å². The lowest BCUT2D eigenvalue weighted by molar-refractivity contribution is -0.297. The van der Waals surface area contributed by atoms with Gasteiger partial charge in [-0.05, 0) is 34.1 Å². The quantitative estimate of drug-likeness (QED) is 0.433. The van der Waals surface area contributed by atoms with Gasteiger partial charge in [0.25, 0.3) is 0 Å². The number of rotatable bonds is 4. The minimum atomic E-state index is -0.434. The standard InChI is InChI=1S/C12H23NO4/c1-5-15-16-9-10-6-7-13(8-10)11(14)17-12(2,3)4/h10H,5-9H2,1-4H3/t10-/m1/s1. The molecule has 0 saturated carbocycles. The van der Waals surface area contributed by atoms with Gasteiger partial charge >= 0.3 is 6.09 Å². The average Bonchev–Trinajstić information content (AvgIpc) is 2.64. The van der Waals surface area contributed by atoms with Crippen molar-refractivity contribution in [3.63, 3.8) is 0 Å². The summed E-state index contributed by atoms with van der Waals surface area (Å²) in [5, 5.41) is 0. The van der Waals surface area contributed by atoms with Crippen LogP contribution in [0.15, 0.2) is 0 Å². The number of hydrogen-bond donors (Lipinski definition) is 0. The van der Waals surface area contributed by atoms with Gasteiger partial charge in [0.2, 0.25) is 0 Å². The van der Waals surface area contributed by atoms with Crippen molar-refractivity contribution in [1.82, 2.24) is 4.90 Å². The molecule has 0 N–H and O–H groups in total. The molecular formula is C12H23NO4. The lowest BCUT2D eigenvalue weighted by atomic mass is 10.1. The van der Waals surface area contributed by atoms with Gasteiger partial charge in [-0.25, -0.2) is 14.6 Å². The fraction of sp³-hybridized carbons (Fsp3) is 0.917. The normalized spacial score (nSPS) is 20.7. The number of amides is 1. The first-order chi connectivity index (χ1) is 7.92. The van der Waals surface area contributed by atoms with E-state index >= 15 is 0 Å². The summed E-state index contributed by atoms with van der Waals surface area (Å²) in [5.41, 5.74) is -0.434. The molecule has 0 spiro atoms. The van der Waals surface area contributed by atoms with E-state index in [4.69, 9.17) is 14.5 Å². The molecule has 1 heterocycles. The molecule has 5 heteroatoms. The molecule has 0 radical (unpaired) electrons. The number of nitrogens with zero attached hydrogens (tertiary/aromatic N) is 1. The molecule has 1 fully saturated rings. The second-order valence-corrected chi connectivity index (χ2v) is 5.27. The monoisotopic (exact) mass is 245 g/mol. The zero-order chi connectivity index (χ0) is 12.9. The van der Waals surface area contributed by atoms with E-state index in [2.05, 4.69) is 0 Å². The third kappa shape index (κ3) is 5.37. The number of ether oxygens (including phenoxy) is 1. The molecule has 17 heavy (non-hydrogen) atoms. The predicted molar refractivity (Wildman–Crippen MR) is 63.5 cm³/mol. The van der Waals surface area contributed by atoms with Gasteiger partial charge in [-0.2, -0.15) is 0 Å². The van der Waals surface area contributed by atoms with E-state index in [0.29, 0.717) is 25.7 Å². The van der Waals surface area contributed by atoms with Crippen LogP contribution >= 0.6 is 0 Å². The molecule has 1 atom stereocenters. The molecule has 1 rings (SSSR count). The lowest BCUT2D eigenvalue weighted by Gasteiger charge is -2.24. The van der Waals surface area contributed by atoms with E-state index in [-0.39, 0.29) is 6.09 Å². The van der Waals surface area contributed by atoms with Crippen LogP contribution in [0.2, 0.25) is 0 Å². The zero-order valence-corrected chi connectivity index (χ0v) is 11.2. The summed E-state index contributed by atoms with van der Waals surface area (Å²) >= 11 is 0. The Kier molecular flexibility index (Phi) is 5.21. The Balaban J connectivity index is 2.27. The summed E-state index contributed by atoms with van der Waals surface area (Å²) in [6.45, 7) is 9.98. The summed E-state index contributed by atoms with van der Waals surface area (Å²) in [4.78, 5) is 23.3. The Labute approximate surface area is 103 Å². The highest BCUT2D eigenvalue weighted by Crippen LogP contribution is 2.19. The van der Waals surface area contributed by atoms with Crippen molar-refractivity contribution in [2.24, 2.45) is 5.92 Å². The molecule has 0 aliphatic carbocycles. The largest absolute Gasteiger partial charge is 0.444 e. The maximum atomic E-state index is 11.8. The van der Waals surface area contributed by atoms with Gasteiger partial charge < -0.3 is 9.64 Å². The highest BCUT2D eigenvalue weighted by molar-refractivity contribution is 5.68. The van der Waals surface area contributed by atoms with Crippen LogP contribution in [0.5, 0.6) is 0 Å². The van der Waals surface area contributed by atoms with Gasteiger partial charge in [0.05, 0.1) is 13.2 Å². The molecule has 0 bridgehead atoms. The van der Waals surface area contributed by atoms with E-state index in [0.717, 1.165) is 13.0 Å². The maximum Gasteiger partial charge on any atom is 0.410 e. The second-order valence-electron chi connectivity index (χ2n) is 5.27. The molecular weight excluding hydrogens is 222 g/mol. The molecule has 0 aromatic carbocycles. The topological polar surface area (TPSA) is 48.0 Å². The van der Waals surface area contributed by atoms with E-state index < -0.39 is 5.60 Å². The smallest absolute Gasteiger partial charge is 0.410 e. The molecule has 1 aliphatic heterocycles. The van der Waals surface area contributed by atoms with E-state index in [1.54, 1.807) is 4.90 Å². The Morgan fingerprint density at radius 1 is 1.35 bits per heavy atom. The van der Waals surface area contributed by atoms with Crippen LogP contribution in [0.1, 0.15) is 34.1 Å². The van der Waals surface area contributed by atoms with Crippen molar-refractivity contribution in [3.05, 3.63) is 0 Å². The molecule has 0 aromatic rings. The molecule has 0 unspecified atom stereocenters. The zero-order valence-electron chi connectivity index (χ0n) is 11.2. The molecule has 1 saturated heterocycles. The SMILES string of the molecule is CCOOC[C@@H]1CCN(C(=O)OC(C)(C)C)C1. The van der Waals surface area contributed by atoms with E-state index in [9.17, 15) is 4.79 Å². The summed E-state index contributed by atoms with van der Waals surface area (Å²) in [6.07, 6.45) is 0.697. The van der Waals surface area contributed by atoms with Crippen LogP contribution in [0.3, 0.4) is 0 Å². The second kappa shape index (κ2) is 6.21. The Hall–Kier alpha value is -0.810. The van der Waals surface area contributed by atoms with Crippen molar-refractivity contribution in [2.75, 3.05) is 26.3 Å². The molecule has 0 aromatic heterocycles. The van der Waals surface area contributed by atoms with Gasteiger partial charge in [0.1, 0.15) is 5.60 Å². The van der Waals surface area contributed by atoms with Crippen LogP contribution in [-0.4, -0.2) is 42.9 Å². The number of hydrogen-bond acceptors (Lipinski definition) is 4. The minimum absolute atomic E-state index is 0.239. The fourth-order valence-corrected chi connectivity index (χ4v) is 1.69. The summed E-state index contributed by atoms with van der Waals surface area (Å²) in [6, 6.07) is 0. The highest BCUT2D eigenvalue weighted by atomic mass is 17.2. The van der Waals surface area contributed by atoms with Crippen LogP contribution < -0.4 is 0 Å². The summed E-state index contributed by atoms with van der Waals surface area (Å²) in [7, 11) is 0. The minimum Gasteiger partial charge on any atom is -0.444 e. The highest BCUT2D eigenvalue weighted by Gasteiger charge is 2.29. The van der Waals surface area contributed by atoms with Crippen molar-refractivity contribution in [1.29, 1.82) is 0 Å². The van der Waals surface area contributed by atoms with Crippen LogP contribution in [0.4, 0.5) is 4.79 Å². The van der Waals surface area contributed by atoms with Gasteiger partial charge in [-0.1, -0.05) is 0 Å². The molecule has 100 valence electrons. The number of likely N-dealkylation sites (tertiary alicyclic amines) is 1. The summed E-state index contributed by atoms with van der Waals surface area (Å²) in [5.74, 6) is 0.342. The van der Waals surface area contributed by atoms with E-state index in [1.165, 1.54) is 0 Å². The van der Waals surface area contributed by atoms with Crippen molar-refractivity contribution in [2.45, 2.75) is 39.7 Å². The third-order valence-electron chi connectivity index (χ3n) is 2.44. The Morgan fingerprint density at radius 3 is 2.65 bits per heavy atom. The Morgan fingerprint density at radius 2 is 2.06 bits per heavy atom. The molecule has 1 amide bonds. The first-order valence-corrected chi connectivity index (χ1v) is 6.14. The predicted octanol–water partition coefficient (Wildman–Crippen LogP) is 2.21. The van der Waals surface area contributed by atoms with Gasteiger partial charge in [0.15, 0.2) is 0 Å².